The molecule has 2 aliphatic heterocycles. The summed E-state index contributed by atoms with van der Waals surface area (Å²) in [7, 11) is 0. The lowest BCUT2D eigenvalue weighted by Gasteiger charge is -2.15. The van der Waals surface area contributed by atoms with Gasteiger partial charge >= 0.3 is 0 Å². The molecule has 128 valence electrons. The van der Waals surface area contributed by atoms with Gasteiger partial charge in [-0.3, -0.25) is 9.59 Å². The van der Waals surface area contributed by atoms with Crippen molar-refractivity contribution in [2.45, 2.75) is 25.9 Å². The normalized spacial score (nSPS) is 15.8. The smallest absolute Gasteiger partial charge is 0.253 e. The van der Waals surface area contributed by atoms with Crippen LogP contribution in [-0.2, 0) is 13.1 Å². The van der Waals surface area contributed by atoms with Crippen LogP contribution in [0.5, 0.6) is 0 Å². The van der Waals surface area contributed by atoms with E-state index in [0.29, 0.717) is 13.1 Å². The van der Waals surface area contributed by atoms with Crippen molar-refractivity contribution in [2.24, 2.45) is 0 Å². The summed E-state index contributed by atoms with van der Waals surface area (Å²) < 4.78 is 0. The van der Waals surface area contributed by atoms with Crippen molar-refractivity contribution < 1.29 is 9.59 Å². The first-order valence-electron chi connectivity index (χ1n) is 8.74. The van der Waals surface area contributed by atoms with E-state index in [4.69, 9.17) is 0 Å². The summed E-state index contributed by atoms with van der Waals surface area (Å²) in [5.41, 5.74) is 4.56. The van der Waals surface area contributed by atoms with Gasteiger partial charge in [0, 0.05) is 43.0 Å². The van der Waals surface area contributed by atoms with E-state index in [9.17, 15) is 9.59 Å². The van der Waals surface area contributed by atoms with Crippen LogP contribution in [-0.4, -0.2) is 29.8 Å². The summed E-state index contributed by atoms with van der Waals surface area (Å²) in [6.07, 6.45) is 2.21. The van der Waals surface area contributed by atoms with E-state index in [0.717, 1.165) is 53.9 Å². The Kier molecular flexibility index (Phi) is 4.14. The number of nitrogens with one attached hydrogen (secondary N) is 2. The van der Waals surface area contributed by atoms with E-state index in [2.05, 4.69) is 10.6 Å². The molecule has 0 aliphatic carbocycles. The minimum absolute atomic E-state index is 0.0107. The van der Waals surface area contributed by atoms with Crippen LogP contribution in [0.1, 0.15) is 44.7 Å². The third-order valence-corrected chi connectivity index (χ3v) is 4.88. The molecule has 0 spiro atoms. The molecule has 2 aliphatic rings. The first kappa shape index (κ1) is 15.7. The maximum absolute atomic E-state index is 12.3. The SMILES string of the molecule is O=C1NCc2ccc(NCc3ccc(C(=O)N4CCCC4)cc3)cc21. The van der Waals surface area contributed by atoms with Crippen LogP contribution in [0.2, 0.25) is 0 Å². The number of benzene rings is 2. The summed E-state index contributed by atoms with van der Waals surface area (Å²) in [4.78, 5) is 26.0. The van der Waals surface area contributed by atoms with Gasteiger partial charge in [-0.2, -0.15) is 0 Å². The van der Waals surface area contributed by atoms with Crippen molar-refractivity contribution in [3.05, 3.63) is 64.7 Å². The fraction of sp³-hybridized carbons (Fsp3) is 0.300. The Morgan fingerprint density at radius 3 is 2.60 bits per heavy atom. The van der Waals surface area contributed by atoms with Gasteiger partial charge in [-0.15, -0.1) is 0 Å². The first-order valence-corrected chi connectivity index (χ1v) is 8.74. The molecule has 2 N–H and O–H groups in total. The van der Waals surface area contributed by atoms with Gasteiger partial charge in [0.1, 0.15) is 0 Å². The molecule has 0 radical (unpaired) electrons. The number of hydrogen-bond donors (Lipinski definition) is 2. The van der Waals surface area contributed by atoms with Gasteiger partial charge in [0.05, 0.1) is 0 Å². The molecule has 0 bridgehead atoms. The van der Waals surface area contributed by atoms with E-state index < -0.39 is 0 Å². The average molecular weight is 335 g/mol. The highest BCUT2D eigenvalue weighted by atomic mass is 16.2. The number of amides is 2. The number of anilines is 1. The van der Waals surface area contributed by atoms with Crippen LogP contribution < -0.4 is 10.6 Å². The number of carbonyl (C=O) groups excluding carboxylic acids is 2. The first-order chi connectivity index (χ1) is 12.2. The number of rotatable bonds is 4. The Morgan fingerprint density at radius 2 is 1.84 bits per heavy atom. The van der Waals surface area contributed by atoms with Crippen LogP contribution in [0.4, 0.5) is 5.69 Å². The molecule has 2 heterocycles. The standard InChI is InChI=1S/C20H21N3O2/c24-19-18-11-17(8-7-16(18)13-22-19)21-12-14-3-5-15(6-4-14)20(25)23-9-1-2-10-23/h3-8,11,21H,1-2,9-10,12-13H2,(H,22,24). The second kappa shape index (κ2) is 6.59. The van der Waals surface area contributed by atoms with Gasteiger partial charge in [-0.1, -0.05) is 18.2 Å². The Hall–Kier alpha value is -2.82. The quantitative estimate of drug-likeness (QED) is 0.903. The maximum Gasteiger partial charge on any atom is 0.253 e. The van der Waals surface area contributed by atoms with E-state index >= 15 is 0 Å². The lowest BCUT2D eigenvalue weighted by molar-refractivity contribution is 0.0792. The van der Waals surface area contributed by atoms with E-state index in [1.165, 1.54) is 0 Å². The van der Waals surface area contributed by atoms with Crippen LogP contribution in [0.25, 0.3) is 0 Å². The van der Waals surface area contributed by atoms with Gasteiger partial charge in [0.15, 0.2) is 0 Å². The molecule has 25 heavy (non-hydrogen) atoms. The summed E-state index contributed by atoms with van der Waals surface area (Å²) in [6.45, 7) is 3.00. The molecular weight excluding hydrogens is 314 g/mol. The summed E-state index contributed by atoms with van der Waals surface area (Å²) in [5, 5.41) is 6.16. The van der Waals surface area contributed by atoms with Crippen molar-refractivity contribution in [3.63, 3.8) is 0 Å². The average Bonchev–Trinajstić information content (AvgIpc) is 3.30. The van der Waals surface area contributed by atoms with Crippen molar-refractivity contribution in [1.29, 1.82) is 0 Å². The molecule has 5 heteroatoms. The highest BCUT2D eigenvalue weighted by Crippen LogP contribution is 2.21. The Balaban J connectivity index is 1.39. The largest absolute Gasteiger partial charge is 0.381 e. The molecule has 0 unspecified atom stereocenters. The van der Waals surface area contributed by atoms with Crippen LogP contribution in [0.3, 0.4) is 0 Å². The molecule has 2 amide bonds. The molecule has 2 aromatic carbocycles. The molecule has 0 atom stereocenters. The minimum atomic E-state index is -0.0107. The van der Waals surface area contributed by atoms with Gasteiger partial charge in [-0.25, -0.2) is 0 Å². The van der Waals surface area contributed by atoms with Crippen molar-refractivity contribution >= 4 is 17.5 Å². The monoisotopic (exact) mass is 335 g/mol. The van der Waals surface area contributed by atoms with Gasteiger partial charge in [0.2, 0.25) is 0 Å². The lowest BCUT2D eigenvalue weighted by atomic mass is 10.1. The molecule has 0 aromatic heterocycles. The van der Waals surface area contributed by atoms with Crippen LogP contribution >= 0.6 is 0 Å². The molecule has 1 saturated heterocycles. The molecular formula is C20H21N3O2. The van der Waals surface area contributed by atoms with E-state index in [1.54, 1.807) is 0 Å². The minimum Gasteiger partial charge on any atom is -0.381 e. The predicted molar refractivity (Wildman–Crippen MR) is 96.5 cm³/mol. The fourth-order valence-electron chi connectivity index (χ4n) is 3.39. The molecule has 5 nitrogen and oxygen atoms in total. The molecule has 1 fully saturated rings. The zero-order valence-electron chi connectivity index (χ0n) is 14.0. The zero-order chi connectivity index (χ0) is 17.2. The number of fused-ring (bicyclic) bond motifs is 1. The van der Waals surface area contributed by atoms with E-state index in [1.807, 2.05) is 47.4 Å². The van der Waals surface area contributed by atoms with Crippen LogP contribution in [0, 0.1) is 0 Å². The molecule has 0 saturated carbocycles. The highest BCUT2D eigenvalue weighted by molar-refractivity contribution is 5.99. The number of hydrogen-bond acceptors (Lipinski definition) is 3. The Bertz CT molecular complexity index is 808. The van der Waals surface area contributed by atoms with Crippen molar-refractivity contribution in [3.8, 4) is 0 Å². The third-order valence-electron chi connectivity index (χ3n) is 4.88. The predicted octanol–water partition coefficient (Wildman–Crippen LogP) is 2.78. The van der Waals surface area contributed by atoms with Gasteiger partial charge in [-0.05, 0) is 48.2 Å². The van der Waals surface area contributed by atoms with Gasteiger partial charge in [0.25, 0.3) is 11.8 Å². The lowest BCUT2D eigenvalue weighted by Crippen LogP contribution is -2.27. The Morgan fingerprint density at radius 1 is 1.08 bits per heavy atom. The topological polar surface area (TPSA) is 61.4 Å². The number of carbonyl (C=O) groups is 2. The van der Waals surface area contributed by atoms with Crippen molar-refractivity contribution in [2.75, 3.05) is 18.4 Å². The zero-order valence-corrected chi connectivity index (χ0v) is 14.0. The number of nitrogens with zero attached hydrogens (tertiary/aromatic N) is 1. The van der Waals surface area contributed by atoms with Crippen molar-refractivity contribution in [1.82, 2.24) is 10.2 Å². The third kappa shape index (κ3) is 3.22. The summed E-state index contributed by atoms with van der Waals surface area (Å²) >= 11 is 0. The van der Waals surface area contributed by atoms with E-state index in [-0.39, 0.29) is 11.8 Å². The molecule has 2 aromatic rings. The Labute approximate surface area is 147 Å². The second-order valence-electron chi connectivity index (χ2n) is 6.60. The van der Waals surface area contributed by atoms with Crippen LogP contribution in [0.15, 0.2) is 42.5 Å². The second-order valence-corrected chi connectivity index (χ2v) is 6.60. The van der Waals surface area contributed by atoms with Gasteiger partial charge < -0.3 is 15.5 Å². The summed E-state index contributed by atoms with van der Waals surface area (Å²) in [6, 6.07) is 13.6. The fourth-order valence-corrected chi connectivity index (χ4v) is 3.39. The summed E-state index contributed by atoms with van der Waals surface area (Å²) in [5.74, 6) is 0.116. The number of likely N-dealkylation sites (tertiary alicyclic amines) is 1. The highest BCUT2D eigenvalue weighted by Gasteiger charge is 2.20. The molecule has 4 rings (SSSR count). The maximum atomic E-state index is 12.3.